The highest BCUT2D eigenvalue weighted by Gasteiger charge is 2.22. The van der Waals surface area contributed by atoms with Crippen LogP contribution in [-0.4, -0.2) is 21.5 Å². The van der Waals surface area contributed by atoms with Gasteiger partial charge in [-0.3, -0.25) is 9.59 Å². The van der Waals surface area contributed by atoms with E-state index in [1.165, 1.54) is 0 Å². The molecule has 1 amide bonds. The van der Waals surface area contributed by atoms with E-state index in [1.54, 1.807) is 13.0 Å². The Kier molecular flexibility index (Phi) is 6.74. The van der Waals surface area contributed by atoms with E-state index in [2.05, 4.69) is 17.0 Å². The molecular weight excluding hydrogens is 362 g/mol. The van der Waals surface area contributed by atoms with Crippen molar-refractivity contribution < 1.29 is 9.59 Å². The average Bonchev–Trinajstić information content (AvgIpc) is 3.18. The summed E-state index contributed by atoms with van der Waals surface area (Å²) in [5.74, 6) is -0.145. The molecule has 3 rings (SSSR count). The van der Waals surface area contributed by atoms with Gasteiger partial charge in [0.15, 0.2) is 5.82 Å². The van der Waals surface area contributed by atoms with Crippen LogP contribution in [0.1, 0.15) is 26.2 Å². The van der Waals surface area contributed by atoms with Gasteiger partial charge in [-0.25, -0.2) is 4.68 Å². The van der Waals surface area contributed by atoms with E-state index in [0.29, 0.717) is 18.7 Å². The molecule has 3 aromatic rings. The van der Waals surface area contributed by atoms with Crippen molar-refractivity contribution in [2.45, 2.75) is 26.2 Å². The van der Waals surface area contributed by atoms with E-state index < -0.39 is 5.92 Å². The molecule has 29 heavy (non-hydrogen) atoms. The number of para-hydroxylation sites is 1. The number of benzene rings is 2. The van der Waals surface area contributed by atoms with Gasteiger partial charge < -0.3 is 5.32 Å². The van der Waals surface area contributed by atoms with Crippen LogP contribution in [0.15, 0.2) is 79.4 Å². The molecule has 1 unspecified atom stereocenters. The van der Waals surface area contributed by atoms with E-state index in [9.17, 15) is 9.59 Å². The van der Waals surface area contributed by atoms with Crippen LogP contribution in [0.5, 0.6) is 0 Å². The number of Topliss-reactive ketones (excluding diaryl/α,β-unsaturated/α-hetero) is 1. The van der Waals surface area contributed by atoms with Crippen molar-refractivity contribution >= 4 is 17.5 Å². The zero-order valence-corrected chi connectivity index (χ0v) is 16.5. The molecule has 0 fully saturated rings. The summed E-state index contributed by atoms with van der Waals surface area (Å²) < 4.78 is 1.81. The summed E-state index contributed by atoms with van der Waals surface area (Å²) >= 11 is 0. The zero-order chi connectivity index (χ0) is 20.6. The molecule has 0 aliphatic heterocycles. The van der Waals surface area contributed by atoms with Gasteiger partial charge in [-0.15, -0.1) is 11.7 Å². The van der Waals surface area contributed by atoms with Gasteiger partial charge in [0, 0.05) is 30.4 Å². The lowest BCUT2D eigenvalue weighted by molar-refractivity contribution is -0.126. The maximum atomic E-state index is 12.8. The standard InChI is InChI=1S/C24H25N3O2/c1-3-11-19(16-21(28)4-2)24(29)25-23-17-22(18-12-7-5-8-13-18)27(26-23)20-14-9-6-10-15-20/h3,5-10,12-15,17,19H,1,4,11,16H2,2H3,(H,25,26,29). The first-order valence-corrected chi connectivity index (χ1v) is 9.76. The molecular formula is C24H25N3O2. The minimum atomic E-state index is -0.443. The quantitative estimate of drug-likeness (QED) is 0.523. The van der Waals surface area contributed by atoms with Gasteiger partial charge in [0.2, 0.25) is 5.91 Å². The van der Waals surface area contributed by atoms with Crippen molar-refractivity contribution in [2.75, 3.05) is 5.32 Å². The highest BCUT2D eigenvalue weighted by atomic mass is 16.2. The number of hydrogen-bond donors (Lipinski definition) is 1. The van der Waals surface area contributed by atoms with Crippen LogP contribution in [0.25, 0.3) is 16.9 Å². The lowest BCUT2D eigenvalue weighted by Gasteiger charge is -2.13. The number of nitrogens with zero attached hydrogens (tertiary/aromatic N) is 2. The van der Waals surface area contributed by atoms with Crippen LogP contribution < -0.4 is 5.32 Å². The summed E-state index contributed by atoms with van der Waals surface area (Å²) in [5.41, 5.74) is 2.76. The molecule has 1 atom stereocenters. The Morgan fingerprint density at radius 1 is 1.10 bits per heavy atom. The van der Waals surface area contributed by atoms with Crippen LogP contribution in [0.3, 0.4) is 0 Å². The number of amides is 1. The van der Waals surface area contributed by atoms with Crippen molar-refractivity contribution in [3.05, 3.63) is 79.4 Å². The van der Waals surface area contributed by atoms with Crippen LogP contribution in [0.4, 0.5) is 5.82 Å². The minimum Gasteiger partial charge on any atom is -0.309 e. The molecule has 0 radical (unpaired) electrons. The predicted octanol–water partition coefficient (Wildman–Crippen LogP) is 5.04. The largest absolute Gasteiger partial charge is 0.309 e. The Morgan fingerprint density at radius 3 is 2.38 bits per heavy atom. The molecule has 148 valence electrons. The summed E-state index contributed by atoms with van der Waals surface area (Å²) in [5, 5.41) is 7.50. The fourth-order valence-corrected chi connectivity index (χ4v) is 3.15. The van der Waals surface area contributed by atoms with Crippen LogP contribution in [0.2, 0.25) is 0 Å². The number of ketones is 1. The highest BCUT2D eigenvalue weighted by Crippen LogP contribution is 2.26. The molecule has 5 nitrogen and oxygen atoms in total. The second-order valence-electron chi connectivity index (χ2n) is 6.84. The second kappa shape index (κ2) is 9.64. The summed E-state index contributed by atoms with van der Waals surface area (Å²) in [6, 6.07) is 21.5. The molecule has 1 N–H and O–H groups in total. The summed E-state index contributed by atoms with van der Waals surface area (Å²) in [7, 11) is 0. The normalized spacial score (nSPS) is 11.6. The van der Waals surface area contributed by atoms with Crippen molar-refractivity contribution in [2.24, 2.45) is 5.92 Å². The third kappa shape index (κ3) is 5.08. The number of anilines is 1. The lowest BCUT2D eigenvalue weighted by Crippen LogP contribution is -2.25. The predicted molar refractivity (Wildman–Crippen MR) is 116 cm³/mol. The summed E-state index contributed by atoms with van der Waals surface area (Å²) in [6.07, 6.45) is 2.74. The Bertz CT molecular complexity index is 921. The van der Waals surface area contributed by atoms with Gasteiger partial charge in [-0.1, -0.05) is 61.5 Å². The molecule has 0 bridgehead atoms. The third-order valence-electron chi connectivity index (χ3n) is 4.72. The van der Waals surface area contributed by atoms with Crippen molar-refractivity contribution in [3.63, 3.8) is 0 Å². The van der Waals surface area contributed by atoms with Crippen molar-refractivity contribution in [3.8, 4) is 16.9 Å². The third-order valence-corrected chi connectivity index (χ3v) is 4.72. The Labute approximate surface area is 171 Å². The second-order valence-corrected chi connectivity index (χ2v) is 6.84. The fraction of sp³-hybridized carbons (Fsp3) is 0.208. The maximum absolute atomic E-state index is 12.8. The minimum absolute atomic E-state index is 0.0618. The SMILES string of the molecule is C=CCC(CC(=O)CC)C(=O)Nc1cc(-c2ccccc2)n(-c2ccccc2)n1. The first kappa shape index (κ1) is 20.3. The van der Waals surface area contributed by atoms with Gasteiger partial charge in [0.25, 0.3) is 0 Å². The highest BCUT2D eigenvalue weighted by molar-refractivity contribution is 5.95. The van der Waals surface area contributed by atoms with Crippen LogP contribution in [0, 0.1) is 5.92 Å². The summed E-state index contributed by atoms with van der Waals surface area (Å²) in [6.45, 7) is 5.51. The molecule has 1 aromatic heterocycles. The van der Waals surface area contributed by atoms with E-state index in [1.807, 2.05) is 71.4 Å². The number of rotatable bonds is 9. The van der Waals surface area contributed by atoms with Gasteiger partial charge >= 0.3 is 0 Å². The summed E-state index contributed by atoms with van der Waals surface area (Å²) in [4.78, 5) is 24.6. The fourth-order valence-electron chi connectivity index (χ4n) is 3.15. The number of aromatic nitrogens is 2. The van der Waals surface area contributed by atoms with Crippen LogP contribution in [-0.2, 0) is 9.59 Å². The molecule has 0 aliphatic carbocycles. The lowest BCUT2D eigenvalue weighted by atomic mass is 9.97. The van der Waals surface area contributed by atoms with E-state index >= 15 is 0 Å². The van der Waals surface area contributed by atoms with E-state index in [0.717, 1.165) is 16.9 Å². The monoisotopic (exact) mass is 387 g/mol. The first-order chi connectivity index (χ1) is 14.1. The number of allylic oxidation sites excluding steroid dienone is 1. The topological polar surface area (TPSA) is 64.0 Å². The number of hydrogen-bond acceptors (Lipinski definition) is 3. The number of carbonyl (C=O) groups excluding carboxylic acids is 2. The van der Waals surface area contributed by atoms with Crippen molar-refractivity contribution in [1.29, 1.82) is 0 Å². The number of carbonyl (C=O) groups is 2. The molecule has 0 aliphatic rings. The average molecular weight is 387 g/mol. The van der Waals surface area contributed by atoms with E-state index in [4.69, 9.17) is 0 Å². The Morgan fingerprint density at radius 2 is 1.76 bits per heavy atom. The first-order valence-electron chi connectivity index (χ1n) is 9.76. The molecule has 1 heterocycles. The Balaban J connectivity index is 1.92. The van der Waals surface area contributed by atoms with Gasteiger partial charge in [0.1, 0.15) is 5.78 Å². The van der Waals surface area contributed by atoms with Gasteiger partial charge in [-0.2, -0.15) is 0 Å². The molecule has 5 heteroatoms. The maximum Gasteiger partial charge on any atom is 0.229 e. The number of nitrogens with one attached hydrogen (secondary N) is 1. The smallest absolute Gasteiger partial charge is 0.229 e. The van der Waals surface area contributed by atoms with Crippen LogP contribution >= 0.6 is 0 Å². The molecule has 0 saturated heterocycles. The van der Waals surface area contributed by atoms with Gasteiger partial charge in [0.05, 0.1) is 11.4 Å². The zero-order valence-electron chi connectivity index (χ0n) is 16.5. The van der Waals surface area contributed by atoms with Crippen molar-refractivity contribution in [1.82, 2.24) is 9.78 Å². The van der Waals surface area contributed by atoms with E-state index in [-0.39, 0.29) is 18.1 Å². The molecule has 0 saturated carbocycles. The van der Waals surface area contributed by atoms with Gasteiger partial charge in [-0.05, 0) is 18.6 Å². The molecule has 0 spiro atoms. The Hall–Kier alpha value is -3.47. The molecule has 2 aromatic carbocycles.